The van der Waals surface area contributed by atoms with E-state index in [-0.39, 0.29) is 18.4 Å². The SMILES string of the molecule is O=C(CCOc1cccc(Cl)c1)N[C@@H]1CCCC[C@H]1O. The summed E-state index contributed by atoms with van der Waals surface area (Å²) in [6.45, 7) is 0.301. The highest BCUT2D eigenvalue weighted by atomic mass is 35.5. The van der Waals surface area contributed by atoms with E-state index in [1.54, 1.807) is 24.3 Å². The van der Waals surface area contributed by atoms with Crippen molar-refractivity contribution in [1.82, 2.24) is 5.32 Å². The highest BCUT2D eigenvalue weighted by Gasteiger charge is 2.24. The molecular formula is C15H20ClNO3. The first-order chi connectivity index (χ1) is 9.65. The molecule has 0 aromatic heterocycles. The molecule has 1 aliphatic rings. The van der Waals surface area contributed by atoms with Crippen LogP contribution in [0.5, 0.6) is 5.75 Å². The number of carbonyl (C=O) groups is 1. The fraction of sp³-hybridized carbons (Fsp3) is 0.533. The Hall–Kier alpha value is -1.26. The number of ether oxygens (including phenoxy) is 1. The summed E-state index contributed by atoms with van der Waals surface area (Å²) in [5.74, 6) is 0.570. The molecule has 1 amide bonds. The summed E-state index contributed by atoms with van der Waals surface area (Å²) < 4.78 is 5.47. The van der Waals surface area contributed by atoms with Crippen LogP contribution in [0.2, 0.25) is 5.02 Å². The maximum atomic E-state index is 11.8. The van der Waals surface area contributed by atoms with Crippen LogP contribution in [0.3, 0.4) is 0 Å². The molecule has 1 aromatic rings. The summed E-state index contributed by atoms with van der Waals surface area (Å²) in [5.41, 5.74) is 0. The standard InChI is InChI=1S/C15H20ClNO3/c16-11-4-3-5-12(10-11)20-9-8-15(19)17-13-6-1-2-7-14(13)18/h3-5,10,13-14,18H,1-2,6-9H2,(H,17,19)/t13-,14-/m1/s1. The quantitative estimate of drug-likeness (QED) is 0.878. The van der Waals surface area contributed by atoms with Gasteiger partial charge in [-0.05, 0) is 31.0 Å². The van der Waals surface area contributed by atoms with Gasteiger partial charge in [0.2, 0.25) is 5.91 Å². The Balaban J connectivity index is 1.70. The minimum Gasteiger partial charge on any atom is -0.493 e. The number of halogens is 1. The van der Waals surface area contributed by atoms with Gasteiger partial charge in [0.1, 0.15) is 5.75 Å². The zero-order valence-electron chi connectivity index (χ0n) is 11.3. The van der Waals surface area contributed by atoms with Gasteiger partial charge in [-0.25, -0.2) is 0 Å². The fourth-order valence-electron chi connectivity index (χ4n) is 2.38. The molecule has 1 saturated carbocycles. The Bertz CT molecular complexity index is 452. The lowest BCUT2D eigenvalue weighted by molar-refractivity contribution is -0.123. The van der Waals surface area contributed by atoms with Crippen molar-refractivity contribution < 1.29 is 14.6 Å². The molecule has 0 spiro atoms. The minimum atomic E-state index is -0.415. The van der Waals surface area contributed by atoms with Crippen LogP contribution in [0, 0.1) is 0 Å². The lowest BCUT2D eigenvalue weighted by atomic mass is 9.92. The molecule has 4 nitrogen and oxygen atoms in total. The summed E-state index contributed by atoms with van der Waals surface area (Å²) in [5, 5.41) is 13.3. The number of aliphatic hydroxyl groups is 1. The third-order valence-electron chi connectivity index (χ3n) is 3.47. The summed E-state index contributed by atoms with van der Waals surface area (Å²) in [4.78, 5) is 11.8. The lowest BCUT2D eigenvalue weighted by Crippen LogP contribution is -2.45. The van der Waals surface area contributed by atoms with Gasteiger partial charge in [-0.15, -0.1) is 0 Å². The number of rotatable bonds is 5. The molecule has 0 unspecified atom stereocenters. The highest BCUT2D eigenvalue weighted by Crippen LogP contribution is 2.19. The number of carbonyl (C=O) groups excluding carboxylic acids is 1. The average Bonchev–Trinajstić information content (AvgIpc) is 2.41. The van der Waals surface area contributed by atoms with Gasteiger partial charge in [-0.3, -0.25) is 4.79 Å². The summed E-state index contributed by atoms with van der Waals surface area (Å²) >= 11 is 5.84. The Morgan fingerprint density at radius 2 is 2.20 bits per heavy atom. The van der Waals surface area contributed by atoms with E-state index in [4.69, 9.17) is 16.3 Å². The largest absolute Gasteiger partial charge is 0.493 e. The highest BCUT2D eigenvalue weighted by molar-refractivity contribution is 6.30. The molecule has 0 aliphatic heterocycles. The van der Waals surface area contributed by atoms with Gasteiger partial charge in [0.25, 0.3) is 0 Å². The maximum absolute atomic E-state index is 11.8. The molecule has 2 atom stereocenters. The maximum Gasteiger partial charge on any atom is 0.223 e. The summed E-state index contributed by atoms with van der Waals surface area (Å²) in [7, 11) is 0. The molecule has 1 aliphatic carbocycles. The van der Waals surface area contributed by atoms with Gasteiger partial charge in [-0.2, -0.15) is 0 Å². The van der Waals surface area contributed by atoms with Crippen LogP contribution in [-0.2, 0) is 4.79 Å². The van der Waals surface area contributed by atoms with Crippen LogP contribution in [-0.4, -0.2) is 29.8 Å². The van der Waals surface area contributed by atoms with Gasteiger partial charge < -0.3 is 15.2 Å². The second kappa shape index (κ2) is 7.50. The third-order valence-corrected chi connectivity index (χ3v) is 3.70. The van der Waals surface area contributed by atoms with Crippen molar-refractivity contribution in [2.24, 2.45) is 0 Å². The van der Waals surface area contributed by atoms with Crippen LogP contribution in [0.1, 0.15) is 32.1 Å². The predicted molar refractivity (Wildman–Crippen MR) is 78.0 cm³/mol. The van der Waals surface area contributed by atoms with E-state index in [2.05, 4.69) is 5.32 Å². The molecule has 2 N–H and O–H groups in total. The van der Waals surface area contributed by atoms with Gasteiger partial charge in [0.15, 0.2) is 0 Å². The lowest BCUT2D eigenvalue weighted by Gasteiger charge is -2.28. The average molecular weight is 298 g/mol. The van der Waals surface area contributed by atoms with Gasteiger partial charge in [-0.1, -0.05) is 30.5 Å². The van der Waals surface area contributed by atoms with Crippen molar-refractivity contribution >= 4 is 17.5 Å². The Morgan fingerprint density at radius 1 is 1.40 bits per heavy atom. The molecule has 1 fully saturated rings. The molecule has 1 aromatic carbocycles. The van der Waals surface area contributed by atoms with E-state index in [0.29, 0.717) is 17.4 Å². The van der Waals surface area contributed by atoms with Crippen LogP contribution < -0.4 is 10.1 Å². The first kappa shape index (κ1) is 15.1. The Kier molecular flexibility index (Phi) is 5.68. The minimum absolute atomic E-state index is 0.0852. The number of aliphatic hydroxyl groups excluding tert-OH is 1. The van der Waals surface area contributed by atoms with Crippen molar-refractivity contribution in [1.29, 1.82) is 0 Å². The predicted octanol–water partition coefficient (Wildman–Crippen LogP) is 2.53. The Morgan fingerprint density at radius 3 is 2.95 bits per heavy atom. The number of benzene rings is 1. The zero-order valence-corrected chi connectivity index (χ0v) is 12.1. The molecule has 0 heterocycles. The van der Waals surface area contributed by atoms with Crippen LogP contribution in [0.15, 0.2) is 24.3 Å². The third kappa shape index (κ3) is 4.69. The molecule has 5 heteroatoms. The number of hydrogen-bond acceptors (Lipinski definition) is 3. The van der Waals surface area contributed by atoms with Crippen LogP contribution >= 0.6 is 11.6 Å². The van der Waals surface area contributed by atoms with Crippen molar-refractivity contribution in [3.8, 4) is 5.75 Å². The van der Waals surface area contributed by atoms with Gasteiger partial charge in [0.05, 0.1) is 25.2 Å². The zero-order chi connectivity index (χ0) is 14.4. The van der Waals surface area contributed by atoms with E-state index >= 15 is 0 Å². The second-order valence-corrected chi connectivity index (χ2v) is 5.52. The van der Waals surface area contributed by atoms with E-state index in [1.807, 2.05) is 0 Å². The molecule has 0 radical (unpaired) electrons. The van der Waals surface area contributed by atoms with E-state index in [0.717, 1.165) is 25.7 Å². The second-order valence-electron chi connectivity index (χ2n) is 5.08. The fourth-order valence-corrected chi connectivity index (χ4v) is 2.56. The molecular weight excluding hydrogens is 278 g/mol. The molecule has 0 bridgehead atoms. The first-order valence-corrected chi connectivity index (χ1v) is 7.39. The van der Waals surface area contributed by atoms with Crippen molar-refractivity contribution in [2.45, 2.75) is 44.2 Å². The Labute approximate surface area is 124 Å². The van der Waals surface area contributed by atoms with Gasteiger partial charge >= 0.3 is 0 Å². The number of amides is 1. The topological polar surface area (TPSA) is 58.6 Å². The van der Waals surface area contributed by atoms with E-state index < -0.39 is 6.10 Å². The van der Waals surface area contributed by atoms with Crippen molar-refractivity contribution in [2.75, 3.05) is 6.61 Å². The smallest absolute Gasteiger partial charge is 0.223 e. The van der Waals surface area contributed by atoms with Crippen LogP contribution in [0.25, 0.3) is 0 Å². The molecule has 20 heavy (non-hydrogen) atoms. The number of hydrogen-bond donors (Lipinski definition) is 2. The summed E-state index contributed by atoms with van der Waals surface area (Å²) in [6, 6.07) is 6.98. The normalized spacial score (nSPS) is 22.3. The van der Waals surface area contributed by atoms with Crippen molar-refractivity contribution in [3.63, 3.8) is 0 Å². The molecule has 110 valence electrons. The molecule has 0 saturated heterocycles. The molecule has 2 rings (SSSR count). The van der Waals surface area contributed by atoms with Crippen molar-refractivity contribution in [3.05, 3.63) is 29.3 Å². The number of nitrogens with one attached hydrogen (secondary N) is 1. The van der Waals surface area contributed by atoms with Crippen LogP contribution in [0.4, 0.5) is 0 Å². The first-order valence-electron chi connectivity index (χ1n) is 7.01. The van der Waals surface area contributed by atoms with E-state index in [9.17, 15) is 9.90 Å². The van der Waals surface area contributed by atoms with Gasteiger partial charge in [0, 0.05) is 5.02 Å². The summed E-state index contributed by atoms with van der Waals surface area (Å²) in [6.07, 6.45) is 3.57. The monoisotopic (exact) mass is 297 g/mol. The van der Waals surface area contributed by atoms with E-state index in [1.165, 1.54) is 0 Å².